The Morgan fingerprint density at radius 1 is 1.11 bits per heavy atom. The molecule has 102 valence electrons. The van der Waals surface area contributed by atoms with E-state index in [0.717, 1.165) is 54.0 Å². The molecule has 4 N–H and O–H groups in total. The van der Waals surface area contributed by atoms with Crippen molar-refractivity contribution >= 4 is 11.4 Å². The largest absolute Gasteiger partial charge is 0.399 e. The van der Waals surface area contributed by atoms with Crippen LogP contribution in [0.5, 0.6) is 0 Å². The summed E-state index contributed by atoms with van der Waals surface area (Å²) in [6, 6.07) is 5.70. The van der Waals surface area contributed by atoms with Gasteiger partial charge in [0, 0.05) is 18.0 Å². The maximum atomic E-state index is 5.90. The maximum absolute atomic E-state index is 5.90. The minimum Gasteiger partial charge on any atom is -0.399 e. The number of quaternary nitrogens is 1. The predicted octanol–water partition coefficient (Wildman–Crippen LogP) is 1.51. The number of ether oxygens (including phenoxy) is 1. The van der Waals surface area contributed by atoms with Crippen molar-refractivity contribution in [2.45, 2.75) is 12.8 Å². The van der Waals surface area contributed by atoms with Gasteiger partial charge >= 0.3 is 0 Å². The molecule has 0 saturated heterocycles. The first-order valence-corrected chi connectivity index (χ1v) is 6.40. The highest BCUT2D eigenvalue weighted by Crippen LogP contribution is 2.17. The molecular formula is C14H26N3O+. The van der Waals surface area contributed by atoms with Crippen molar-refractivity contribution < 1.29 is 9.22 Å². The number of nitrogen functional groups attached to an aromatic ring is 2. The average molecular weight is 252 g/mol. The minimum atomic E-state index is 0.718. The van der Waals surface area contributed by atoms with Gasteiger partial charge in [-0.25, -0.2) is 0 Å². The number of hydrogen-bond acceptors (Lipinski definition) is 3. The topological polar surface area (TPSA) is 61.3 Å². The molecule has 0 atom stereocenters. The summed E-state index contributed by atoms with van der Waals surface area (Å²) in [5.74, 6) is 0. The molecule has 0 aliphatic carbocycles. The Kier molecular flexibility index (Phi) is 5.44. The van der Waals surface area contributed by atoms with E-state index in [2.05, 4.69) is 21.1 Å². The minimum absolute atomic E-state index is 0.718. The summed E-state index contributed by atoms with van der Waals surface area (Å²) in [5.41, 5.74) is 14.2. The Morgan fingerprint density at radius 2 is 1.83 bits per heavy atom. The second-order valence-corrected chi connectivity index (χ2v) is 5.69. The number of rotatable bonds is 7. The maximum Gasteiger partial charge on any atom is 0.102 e. The van der Waals surface area contributed by atoms with Crippen LogP contribution in [0.2, 0.25) is 0 Å². The van der Waals surface area contributed by atoms with Crippen molar-refractivity contribution in [1.29, 1.82) is 0 Å². The van der Waals surface area contributed by atoms with E-state index >= 15 is 0 Å². The molecule has 0 radical (unpaired) electrons. The van der Waals surface area contributed by atoms with E-state index in [9.17, 15) is 0 Å². The predicted molar refractivity (Wildman–Crippen MR) is 77.3 cm³/mol. The van der Waals surface area contributed by atoms with Crippen LogP contribution in [-0.2, 0) is 11.2 Å². The lowest BCUT2D eigenvalue weighted by atomic mass is 10.1. The van der Waals surface area contributed by atoms with Crippen molar-refractivity contribution in [3.63, 3.8) is 0 Å². The smallest absolute Gasteiger partial charge is 0.102 e. The van der Waals surface area contributed by atoms with Crippen molar-refractivity contribution in [2.24, 2.45) is 0 Å². The van der Waals surface area contributed by atoms with Crippen LogP contribution < -0.4 is 11.5 Å². The molecule has 0 amide bonds. The lowest BCUT2D eigenvalue weighted by Gasteiger charge is -2.23. The van der Waals surface area contributed by atoms with Gasteiger partial charge in [0.05, 0.1) is 27.7 Å². The number of hydrogen-bond donors (Lipinski definition) is 2. The first-order chi connectivity index (χ1) is 8.38. The Morgan fingerprint density at radius 3 is 2.44 bits per heavy atom. The number of nitrogens with two attached hydrogens (primary N) is 2. The van der Waals surface area contributed by atoms with Crippen molar-refractivity contribution in [1.82, 2.24) is 0 Å². The monoisotopic (exact) mass is 252 g/mol. The van der Waals surface area contributed by atoms with E-state index in [1.807, 2.05) is 18.2 Å². The van der Waals surface area contributed by atoms with Crippen LogP contribution >= 0.6 is 0 Å². The summed E-state index contributed by atoms with van der Waals surface area (Å²) >= 11 is 0. The fraction of sp³-hybridized carbons (Fsp3) is 0.571. The van der Waals surface area contributed by atoms with Crippen LogP contribution in [0.15, 0.2) is 18.2 Å². The number of anilines is 2. The lowest BCUT2D eigenvalue weighted by Crippen LogP contribution is -2.37. The Bertz CT molecular complexity index is 372. The first kappa shape index (κ1) is 14.8. The molecule has 18 heavy (non-hydrogen) atoms. The Hall–Kier alpha value is -1.26. The number of nitrogens with zero attached hydrogens (tertiary/aromatic N) is 1. The van der Waals surface area contributed by atoms with Crippen molar-refractivity contribution in [2.75, 3.05) is 52.4 Å². The standard InChI is InChI=1S/C14H26N3O/c1-17(2,3)8-10-18-9-4-5-12-6-7-13(15)11-14(12)16/h6-7,11H,4-5,8-10,15-16H2,1-3H3/q+1. The van der Waals surface area contributed by atoms with Gasteiger partial charge in [-0.05, 0) is 30.5 Å². The van der Waals surface area contributed by atoms with Gasteiger partial charge < -0.3 is 20.7 Å². The van der Waals surface area contributed by atoms with Gasteiger partial charge in [0.25, 0.3) is 0 Å². The number of aryl methyl sites for hydroxylation is 1. The highest BCUT2D eigenvalue weighted by molar-refractivity contribution is 5.56. The third-order valence-electron chi connectivity index (χ3n) is 2.81. The van der Waals surface area contributed by atoms with E-state index < -0.39 is 0 Å². The molecule has 0 spiro atoms. The summed E-state index contributed by atoms with van der Waals surface area (Å²) in [5, 5.41) is 0. The highest BCUT2D eigenvalue weighted by atomic mass is 16.5. The molecular weight excluding hydrogens is 226 g/mol. The van der Waals surface area contributed by atoms with E-state index in [4.69, 9.17) is 16.2 Å². The molecule has 1 rings (SSSR count). The summed E-state index contributed by atoms with van der Waals surface area (Å²) in [6.45, 7) is 2.62. The molecule has 0 heterocycles. The molecule has 0 aromatic heterocycles. The molecule has 0 aliphatic heterocycles. The van der Waals surface area contributed by atoms with Gasteiger partial charge in [0.1, 0.15) is 6.54 Å². The van der Waals surface area contributed by atoms with Crippen molar-refractivity contribution in [3.8, 4) is 0 Å². The quantitative estimate of drug-likeness (QED) is 0.439. The number of benzene rings is 1. The zero-order valence-corrected chi connectivity index (χ0v) is 11.8. The third kappa shape index (κ3) is 5.89. The summed E-state index contributed by atoms with van der Waals surface area (Å²) in [4.78, 5) is 0. The van der Waals surface area contributed by atoms with Crippen LogP contribution in [0.3, 0.4) is 0 Å². The second kappa shape index (κ2) is 6.61. The van der Waals surface area contributed by atoms with Gasteiger partial charge in [0.2, 0.25) is 0 Å². The Labute approximate surface area is 110 Å². The fourth-order valence-electron chi connectivity index (χ4n) is 1.65. The van der Waals surface area contributed by atoms with Crippen LogP contribution in [0.4, 0.5) is 11.4 Å². The van der Waals surface area contributed by atoms with Gasteiger partial charge in [-0.3, -0.25) is 0 Å². The molecule has 4 nitrogen and oxygen atoms in total. The normalized spacial score (nSPS) is 11.7. The molecule has 0 unspecified atom stereocenters. The zero-order valence-electron chi connectivity index (χ0n) is 11.8. The van der Waals surface area contributed by atoms with Crippen molar-refractivity contribution in [3.05, 3.63) is 23.8 Å². The average Bonchev–Trinajstić information content (AvgIpc) is 2.24. The molecule has 1 aromatic rings. The fourth-order valence-corrected chi connectivity index (χ4v) is 1.65. The molecule has 0 aliphatic rings. The highest BCUT2D eigenvalue weighted by Gasteiger charge is 2.05. The Balaban J connectivity index is 2.18. The van der Waals surface area contributed by atoms with E-state index in [-0.39, 0.29) is 0 Å². The summed E-state index contributed by atoms with van der Waals surface area (Å²) in [7, 11) is 6.50. The molecule has 1 aromatic carbocycles. The lowest BCUT2D eigenvalue weighted by molar-refractivity contribution is -0.870. The summed E-state index contributed by atoms with van der Waals surface area (Å²) in [6.07, 6.45) is 1.93. The number of likely N-dealkylation sites (N-methyl/N-ethyl adjacent to an activating group) is 1. The van der Waals surface area contributed by atoms with E-state index in [1.165, 1.54) is 0 Å². The van der Waals surface area contributed by atoms with Gasteiger partial charge in [-0.15, -0.1) is 0 Å². The van der Waals surface area contributed by atoms with Crippen LogP contribution in [0.1, 0.15) is 12.0 Å². The molecule has 0 bridgehead atoms. The third-order valence-corrected chi connectivity index (χ3v) is 2.81. The molecule has 0 fully saturated rings. The zero-order chi connectivity index (χ0) is 13.6. The van der Waals surface area contributed by atoms with Crippen LogP contribution in [-0.4, -0.2) is 45.4 Å². The van der Waals surface area contributed by atoms with Crippen LogP contribution in [0.25, 0.3) is 0 Å². The molecule has 4 heteroatoms. The summed E-state index contributed by atoms with van der Waals surface area (Å²) < 4.78 is 6.55. The van der Waals surface area contributed by atoms with Gasteiger partial charge in [-0.1, -0.05) is 6.07 Å². The van der Waals surface area contributed by atoms with Crippen LogP contribution in [0, 0.1) is 0 Å². The van der Waals surface area contributed by atoms with E-state index in [0.29, 0.717) is 0 Å². The second-order valence-electron chi connectivity index (χ2n) is 5.69. The van der Waals surface area contributed by atoms with E-state index in [1.54, 1.807) is 0 Å². The van der Waals surface area contributed by atoms with Gasteiger partial charge in [-0.2, -0.15) is 0 Å². The first-order valence-electron chi connectivity index (χ1n) is 6.40. The SMILES string of the molecule is C[N+](C)(C)CCOCCCc1ccc(N)cc1N. The molecule has 0 saturated carbocycles. The van der Waals surface area contributed by atoms with Gasteiger partial charge in [0.15, 0.2) is 0 Å².